The maximum absolute atomic E-state index is 9.03. The van der Waals surface area contributed by atoms with Crippen molar-refractivity contribution in [1.82, 2.24) is 15.0 Å². The minimum absolute atomic E-state index is 0.415. The Balaban J connectivity index is 1.84. The number of aromatic nitrogens is 3. The van der Waals surface area contributed by atoms with Crippen LogP contribution in [0.5, 0.6) is 0 Å². The van der Waals surface area contributed by atoms with Gasteiger partial charge in [0.1, 0.15) is 0 Å². The molecule has 0 aliphatic carbocycles. The fraction of sp³-hybridized carbons (Fsp3) is 0.200. The van der Waals surface area contributed by atoms with Gasteiger partial charge in [-0.25, -0.2) is 9.97 Å². The summed E-state index contributed by atoms with van der Waals surface area (Å²) >= 11 is 1.67. The minimum Gasteiger partial charge on any atom is -0.344 e. The molecule has 1 N–H and O–H groups in total. The van der Waals surface area contributed by atoms with Crippen molar-refractivity contribution in [2.24, 2.45) is 0 Å². The summed E-state index contributed by atoms with van der Waals surface area (Å²) in [6, 6.07) is 13.5. The molecule has 0 unspecified atom stereocenters. The quantitative estimate of drug-likeness (QED) is 0.675. The highest BCUT2D eigenvalue weighted by atomic mass is 32.2. The van der Waals surface area contributed by atoms with Crippen molar-refractivity contribution in [3.63, 3.8) is 0 Å². The predicted molar refractivity (Wildman–Crippen MR) is 105 cm³/mol. The number of benzene rings is 1. The van der Waals surface area contributed by atoms with Crippen LogP contribution in [0.3, 0.4) is 0 Å². The lowest BCUT2D eigenvalue weighted by Gasteiger charge is -2.27. The summed E-state index contributed by atoms with van der Waals surface area (Å²) in [5, 5.41) is 12.4. The summed E-state index contributed by atoms with van der Waals surface area (Å²) in [7, 11) is 0. The van der Waals surface area contributed by atoms with Gasteiger partial charge in [0, 0.05) is 29.0 Å². The van der Waals surface area contributed by atoms with E-state index in [1.807, 2.05) is 30.5 Å². The molecule has 0 amide bonds. The van der Waals surface area contributed by atoms with Gasteiger partial charge in [-0.1, -0.05) is 12.1 Å². The second-order valence-corrected chi connectivity index (χ2v) is 7.14. The summed E-state index contributed by atoms with van der Waals surface area (Å²) in [6.45, 7) is 4.12. The first-order valence-electron chi connectivity index (χ1n) is 8.14. The highest BCUT2D eigenvalue weighted by molar-refractivity contribution is 7.98. The summed E-state index contributed by atoms with van der Waals surface area (Å²) in [4.78, 5) is 14.5. The van der Waals surface area contributed by atoms with Crippen molar-refractivity contribution in [2.45, 2.75) is 24.3 Å². The van der Waals surface area contributed by atoms with Crippen LogP contribution >= 0.6 is 11.8 Å². The lowest BCUT2D eigenvalue weighted by Crippen LogP contribution is -2.30. The fourth-order valence-electron chi connectivity index (χ4n) is 2.67. The van der Waals surface area contributed by atoms with E-state index in [0.29, 0.717) is 11.5 Å². The molecule has 5 nitrogen and oxygen atoms in total. The largest absolute Gasteiger partial charge is 0.344 e. The Labute approximate surface area is 157 Å². The summed E-state index contributed by atoms with van der Waals surface area (Å²) in [5.41, 5.74) is 2.95. The Morgan fingerprint density at radius 3 is 2.50 bits per heavy atom. The van der Waals surface area contributed by atoms with Crippen LogP contribution in [0, 0.1) is 11.3 Å². The minimum atomic E-state index is -0.415. The van der Waals surface area contributed by atoms with E-state index < -0.39 is 5.54 Å². The topological polar surface area (TPSA) is 74.5 Å². The van der Waals surface area contributed by atoms with Gasteiger partial charge in [-0.2, -0.15) is 5.26 Å². The lowest BCUT2D eigenvalue weighted by atomic mass is 10.00. The number of hydrogen-bond donors (Lipinski definition) is 1. The van der Waals surface area contributed by atoms with Crippen molar-refractivity contribution in [3.8, 4) is 17.2 Å². The Morgan fingerprint density at radius 2 is 1.81 bits per heavy atom. The van der Waals surface area contributed by atoms with E-state index in [1.54, 1.807) is 36.4 Å². The molecule has 3 aromatic rings. The standard InChI is InChI=1S/C20H19N5S/c1-20(2,18-17(26-3)8-5-9-22-18)25-19-23-12-16(13-24-19)15-7-4-6-14(10-15)11-21/h4-10,12-13H,1-3H3,(H,23,24,25). The Bertz CT molecular complexity index is 945. The van der Waals surface area contributed by atoms with Gasteiger partial charge in [-0.15, -0.1) is 11.8 Å². The lowest BCUT2D eigenvalue weighted by molar-refractivity contribution is 0.567. The van der Waals surface area contributed by atoms with E-state index >= 15 is 0 Å². The van der Waals surface area contributed by atoms with Crippen LogP contribution < -0.4 is 5.32 Å². The Kier molecular flexibility index (Phi) is 5.19. The molecule has 0 aliphatic heterocycles. The van der Waals surface area contributed by atoms with E-state index in [1.165, 1.54) is 0 Å². The number of nitrogens with one attached hydrogen (secondary N) is 1. The number of hydrogen-bond acceptors (Lipinski definition) is 6. The molecule has 0 saturated carbocycles. The fourth-order valence-corrected chi connectivity index (χ4v) is 3.39. The molecule has 2 aromatic heterocycles. The molecule has 0 bridgehead atoms. The number of anilines is 1. The third-order valence-electron chi connectivity index (χ3n) is 3.98. The van der Waals surface area contributed by atoms with Crippen LogP contribution in [0.25, 0.3) is 11.1 Å². The van der Waals surface area contributed by atoms with Gasteiger partial charge in [0.05, 0.1) is 22.9 Å². The van der Waals surface area contributed by atoms with Crippen LogP contribution in [0.15, 0.2) is 59.9 Å². The van der Waals surface area contributed by atoms with E-state index in [-0.39, 0.29) is 0 Å². The summed E-state index contributed by atoms with van der Waals surface area (Å²) < 4.78 is 0. The second-order valence-electron chi connectivity index (χ2n) is 6.29. The Hall–Kier alpha value is -2.91. The van der Waals surface area contributed by atoms with Crippen LogP contribution in [-0.4, -0.2) is 21.2 Å². The normalized spacial score (nSPS) is 11.0. The third kappa shape index (κ3) is 3.84. The summed E-state index contributed by atoms with van der Waals surface area (Å²) in [5.74, 6) is 0.535. The molecule has 0 saturated heterocycles. The molecule has 0 radical (unpaired) electrons. The molecule has 0 fully saturated rings. The first kappa shape index (κ1) is 17.9. The molecular formula is C20H19N5S. The van der Waals surface area contributed by atoms with Gasteiger partial charge in [0.2, 0.25) is 5.95 Å². The van der Waals surface area contributed by atoms with Crippen molar-refractivity contribution in [3.05, 3.63) is 66.2 Å². The molecule has 3 rings (SSSR count). The average molecular weight is 361 g/mol. The van der Waals surface area contributed by atoms with Gasteiger partial charge < -0.3 is 5.32 Å². The van der Waals surface area contributed by atoms with Gasteiger partial charge in [0.25, 0.3) is 0 Å². The summed E-state index contributed by atoms with van der Waals surface area (Å²) in [6.07, 6.45) is 7.35. The van der Waals surface area contributed by atoms with Crippen molar-refractivity contribution in [2.75, 3.05) is 11.6 Å². The molecule has 0 aliphatic rings. The Morgan fingerprint density at radius 1 is 1.04 bits per heavy atom. The molecule has 130 valence electrons. The van der Waals surface area contributed by atoms with Crippen molar-refractivity contribution in [1.29, 1.82) is 5.26 Å². The average Bonchev–Trinajstić information content (AvgIpc) is 2.68. The molecule has 1 aromatic carbocycles. The monoisotopic (exact) mass is 361 g/mol. The number of nitrogens with zero attached hydrogens (tertiary/aromatic N) is 4. The van der Waals surface area contributed by atoms with Crippen molar-refractivity contribution >= 4 is 17.7 Å². The molecule has 26 heavy (non-hydrogen) atoms. The zero-order valence-corrected chi connectivity index (χ0v) is 15.7. The maximum Gasteiger partial charge on any atom is 0.223 e. The van der Waals surface area contributed by atoms with Crippen LogP contribution in [0.1, 0.15) is 25.1 Å². The van der Waals surface area contributed by atoms with Gasteiger partial charge in [-0.05, 0) is 49.9 Å². The molecule has 0 spiro atoms. The number of rotatable bonds is 5. The smallest absolute Gasteiger partial charge is 0.223 e. The van der Waals surface area contributed by atoms with Gasteiger partial charge in [0.15, 0.2) is 0 Å². The molecule has 0 atom stereocenters. The SMILES string of the molecule is CSc1cccnc1C(C)(C)Nc1ncc(-c2cccc(C#N)c2)cn1. The highest BCUT2D eigenvalue weighted by Crippen LogP contribution is 2.30. The molecule has 6 heteroatoms. The van der Waals surface area contributed by atoms with Crippen molar-refractivity contribution < 1.29 is 0 Å². The highest BCUT2D eigenvalue weighted by Gasteiger charge is 2.25. The first-order valence-corrected chi connectivity index (χ1v) is 9.36. The molecular weight excluding hydrogens is 342 g/mol. The maximum atomic E-state index is 9.03. The number of nitriles is 1. The van der Waals surface area contributed by atoms with Gasteiger partial charge >= 0.3 is 0 Å². The van der Waals surface area contributed by atoms with Crippen LogP contribution in [0.2, 0.25) is 0 Å². The molecule has 2 heterocycles. The van der Waals surface area contributed by atoms with E-state index in [0.717, 1.165) is 21.7 Å². The zero-order valence-electron chi connectivity index (χ0n) is 14.9. The van der Waals surface area contributed by atoms with E-state index in [4.69, 9.17) is 5.26 Å². The van der Waals surface area contributed by atoms with Gasteiger partial charge in [-0.3, -0.25) is 4.98 Å². The predicted octanol–water partition coefficient (Wildman–Crippen LogP) is 4.48. The van der Waals surface area contributed by atoms with E-state index in [9.17, 15) is 0 Å². The first-order chi connectivity index (χ1) is 12.5. The van der Waals surface area contributed by atoms with Crippen LogP contribution in [-0.2, 0) is 5.54 Å². The number of thioether (sulfide) groups is 1. The third-order valence-corrected chi connectivity index (χ3v) is 4.75. The van der Waals surface area contributed by atoms with Crippen LogP contribution in [0.4, 0.5) is 5.95 Å². The number of pyridine rings is 1. The van der Waals surface area contributed by atoms with E-state index in [2.05, 4.69) is 46.3 Å². The second kappa shape index (κ2) is 7.54. The zero-order chi connectivity index (χ0) is 18.6.